The van der Waals surface area contributed by atoms with Gasteiger partial charge in [0.1, 0.15) is 6.26 Å². The third-order valence-electron chi connectivity index (χ3n) is 6.66. The SMILES string of the molecule is CS(=O)(=O)c1ccc(C(C(=O)NCc2ccccc2)C(c2ncco2)C2CCCC2)cc1C(F)(F)F. The van der Waals surface area contributed by atoms with Gasteiger partial charge in [-0.1, -0.05) is 49.2 Å². The van der Waals surface area contributed by atoms with Gasteiger partial charge in [0.2, 0.25) is 5.91 Å². The molecule has 10 heteroatoms. The van der Waals surface area contributed by atoms with Gasteiger partial charge in [0.25, 0.3) is 0 Å². The Morgan fingerprint density at radius 1 is 1.14 bits per heavy atom. The van der Waals surface area contributed by atoms with Gasteiger partial charge < -0.3 is 9.73 Å². The van der Waals surface area contributed by atoms with Gasteiger partial charge in [-0.3, -0.25) is 4.79 Å². The lowest BCUT2D eigenvalue weighted by Gasteiger charge is -2.30. The molecule has 0 spiro atoms. The van der Waals surface area contributed by atoms with E-state index in [1.54, 1.807) is 0 Å². The van der Waals surface area contributed by atoms with Gasteiger partial charge >= 0.3 is 6.18 Å². The molecule has 1 aliphatic carbocycles. The van der Waals surface area contributed by atoms with Crippen LogP contribution in [0.4, 0.5) is 13.2 Å². The van der Waals surface area contributed by atoms with E-state index in [0.717, 1.165) is 49.6 Å². The monoisotopic (exact) mass is 520 g/mol. The topological polar surface area (TPSA) is 89.3 Å². The van der Waals surface area contributed by atoms with Crippen molar-refractivity contribution in [2.75, 3.05) is 6.26 Å². The van der Waals surface area contributed by atoms with Crippen LogP contribution in [0.1, 0.15) is 60.1 Å². The maximum Gasteiger partial charge on any atom is 0.417 e. The number of hydrogen-bond acceptors (Lipinski definition) is 5. The molecule has 2 unspecified atom stereocenters. The van der Waals surface area contributed by atoms with Crippen molar-refractivity contribution < 1.29 is 30.8 Å². The number of rotatable bonds is 8. The third kappa shape index (κ3) is 5.80. The molecule has 1 fully saturated rings. The summed E-state index contributed by atoms with van der Waals surface area (Å²) in [6.07, 6.45) is 2.06. The van der Waals surface area contributed by atoms with Crippen molar-refractivity contribution in [3.8, 4) is 0 Å². The van der Waals surface area contributed by atoms with Crippen LogP contribution in [0.15, 0.2) is 70.3 Å². The first-order valence-corrected chi connectivity index (χ1v) is 13.6. The van der Waals surface area contributed by atoms with Crippen LogP contribution in [-0.2, 0) is 27.4 Å². The fourth-order valence-corrected chi connectivity index (χ4v) is 5.92. The van der Waals surface area contributed by atoms with Crippen LogP contribution in [0.2, 0.25) is 0 Å². The largest absolute Gasteiger partial charge is 0.449 e. The Balaban J connectivity index is 1.82. The molecule has 3 aromatic rings. The average Bonchev–Trinajstić information content (AvgIpc) is 3.55. The third-order valence-corrected chi connectivity index (χ3v) is 7.82. The number of halogens is 3. The Kier molecular flexibility index (Phi) is 7.54. The molecule has 4 rings (SSSR count). The molecule has 2 atom stereocenters. The minimum atomic E-state index is -4.93. The summed E-state index contributed by atoms with van der Waals surface area (Å²) in [5.74, 6) is -1.90. The molecule has 2 aromatic carbocycles. The highest BCUT2D eigenvalue weighted by atomic mass is 32.2. The Labute approximate surface area is 207 Å². The zero-order valence-electron chi connectivity index (χ0n) is 19.7. The number of sulfone groups is 1. The van der Waals surface area contributed by atoms with E-state index in [1.807, 2.05) is 30.3 Å². The van der Waals surface area contributed by atoms with Crippen LogP contribution in [0.3, 0.4) is 0 Å². The van der Waals surface area contributed by atoms with Crippen molar-refractivity contribution >= 4 is 15.7 Å². The normalized spacial score (nSPS) is 16.6. The molecule has 0 bridgehead atoms. The quantitative estimate of drug-likeness (QED) is 0.425. The average molecular weight is 521 g/mol. The maximum absolute atomic E-state index is 14.0. The fourth-order valence-electron chi connectivity index (χ4n) is 5.03. The van der Waals surface area contributed by atoms with Crippen molar-refractivity contribution in [3.63, 3.8) is 0 Å². The predicted molar refractivity (Wildman–Crippen MR) is 127 cm³/mol. The molecule has 0 saturated heterocycles. The molecule has 0 radical (unpaired) electrons. The standard InChI is InChI=1S/C26H27F3N2O4S/c1-36(33,34)21-12-11-19(15-20(21)26(27,28)29)22(24(32)31-16-17-7-3-2-4-8-17)23(18-9-5-6-10-18)25-30-13-14-35-25/h2-4,7-8,11-15,18,22-23H,5-6,9-10,16H2,1H3,(H,31,32). The smallest absolute Gasteiger partial charge is 0.417 e. The van der Waals surface area contributed by atoms with Crippen molar-refractivity contribution in [2.45, 2.75) is 55.1 Å². The summed E-state index contributed by atoms with van der Waals surface area (Å²) in [4.78, 5) is 17.1. The van der Waals surface area contributed by atoms with Gasteiger partial charge in [-0.2, -0.15) is 13.2 Å². The summed E-state index contributed by atoms with van der Waals surface area (Å²) in [5, 5.41) is 2.86. The molecule has 1 amide bonds. The highest BCUT2D eigenvalue weighted by molar-refractivity contribution is 7.90. The van der Waals surface area contributed by atoms with Crippen LogP contribution in [-0.4, -0.2) is 25.6 Å². The summed E-state index contributed by atoms with van der Waals surface area (Å²) in [5.41, 5.74) is -0.391. The van der Waals surface area contributed by atoms with E-state index in [1.165, 1.54) is 18.5 Å². The van der Waals surface area contributed by atoms with E-state index in [9.17, 15) is 26.4 Å². The van der Waals surface area contributed by atoms with E-state index >= 15 is 0 Å². The molecule has 1 aromatic heterocycles. The Morgan fingerprint density at radius 2 is 1.83 bits per heavy atom. The zero-order chi connectivity index (χ0) is 25.9. The Hall–Kier alpha value is -3.14. The van der Waals surface area contributed by atoms with Crippen molar-refractivity contribution in [1.82, 2.24) is 10.3 Å². The van der Waals surface area contributed by atoms with E-state index < -0.39 is 44.2 Å². The van der Waals surface area contributed by atoms with E-state index in [2.05, 4.69) is 10.3 Å². The Bertz CT molecular complexity index is 1290. The number of oxazole rings is 1. The number of nitrogens with zero attached hydrogens (tertiary/aromatic N) is 1. The number of benzene rings is 2. The summed E-state index contributed by atoms with van der Waals surface area (Å²) in [6, 6.07) is 12.2. The van der Waals surface area contributed by atoms with Crippen LogP contribution in [0.5, 0.6) is 0 Å². The Morgan fingerprint density at radius 3 is 2.42 bits per heavy atom. The first kappa shape index (κ1) is 25.9. The maximum atomic E-state index is 14.0. The van der Waals surface area contributed by atoms with Crippen molar-refractivity contribution in [3.05, 3.63) is 83.6 Å². The summed E-state index contributed by atoms with van der Waals surface area (Å²) < 4.78 is 71.7. The molecule has 1 N–H and O–H groups in total. The van der Waals surface area contributed by atoms with Crippen LogP contribution in [0, 0.1) is 5.92 Å². The molecule has 1 saturated carbocycles. The van der Waals surface area contributed by atoms with Crippen molar-refractivity contribution in [1.29, 1.82) is 0 Å². The first-order chi connectivity index (χ1) is 17.1. The molecular weight excluding hydrogens is 493 g/mol. The highest BCUT2D eigenvalue weighted by Crippen LogP contribution is 2.46. The minimum absolute atomic E-state index is 0.0277. The second-order valence-corrected chi connectivity index (χ2v) is 11.1. The second kappa shape index (κ2) is 10.5. The molecule has 1 aliphatic rings. The van der Waals surface area contributed by atoms with Gasteiger partial charge in [0.05, 0.1) is 28.5 Å². The molecule has 6 nitrogen and oxygen atoms in total. The van der Waals surface area contributed by atoms with Crippen LogP contribution < -0.4 is 5.32 Å². The lowest BCUT2D eigenvalue weighted by molar-refractivity contribution is -0.140. The minimum Gasteiger partial charge on any atom is -0.449 e. The van der Waals surface area contributed by atoms with E-state index in [-0.39, 0.29) is 23.9 Å². The number of aromatic nitrogens is 1. The lowest BCUT2D eigenvalue weighted by atomic mass is 9.76. The number of amides is 1. The van der Waals surface area contributed by atoms with Gasteiger partial charge in [-0.05, 0) is 42.0 Å². The summed E-state index contributed by atoms with van der Waals surface area (Å²) in [7, 11) is -4.16. The number of carbonyl (C=O) groups excluding carboxylic acids is 1. The van der Waals surface area contributed by atoms with E-state index in [0.29, 0.717) is 0 Å². The molecule has 0 aliphatic heterocycles. The zero-order valence-corrected chi connectivity index (χ0v) is 20.5. The molecule has 1 heterocycles. The predicted octanol–water partition coefficient (Wildman–Crippen LogP) is 5.47. The van der Waals surface area contributed by atoms with Crippen LogP contribution in [0.25, 0.3) is 0 Å². The second-order valence-electron chi connectivity index (χ2n) is 9.15. The van der Waals surface area contributed by atoms with E-state index in [4.69, 9.17) is 4.42 Å². The van der Waals surface area contributed by atoms with Gasteiger partial charge in [-0.25, -0.2) is 13.4 Å². The van der Waals surface area contributed by atoms with Crippen LogP contribution >= 0.6 is 0 Å². The molecular formula is C26H27F3N2O4S. The van der Waals surface area contributed by atoms with Crippen molar-refractivity contribution in [2.24, 2.45) is 5.92 Å². The summed E-state index contributed by atoms with van der Waals surface area (Å²) in [6.45, 7) is 0.187. The molecule has 192 valence electrons. The lowest BCUT2D eigenvalue weighted by Crippen LogP contribution is -2.35. The number of carbonyl (C=O) groups is 1. The van der Waals surface area contributed by atoms with Gasteiger partial charge in [0.15, 0.2) is 15.7 Å². The first-order valence-electron chi connectivity index (χ1n) is 11.7. The van der Waals surface area contributed by atoms with Gasteiger partial charge in [-0.15, -0.1) is 0 Å². The molecule has 36 heavy (non-hydrogen) atoms. The fraction of sp³-hybridized carbons (Fsp3) is 0.385. The number of nitrogens with one attached hydrogen (secondary N) is 1. The number of hydrogen-bond donors (Lipinski definition) is 1. The number of alkyl halides is 3. The van der Waals surface area contributed by atoms with Gasteiger partial charge in [0, 0.05) is 12.8 Å². The summed E-state index contributed by atoms with van der Waals surface area (Å²) >= 11 is 0. The highest BCUT2D eigenvalue weighted by Gasteiger charge is 2.43.